The summed E-state index contributed by atoms with van der Waals surface area (Å²) in [4.78, 5) is 14.4. The largest absolute Gasteiger partial charge is 0.392 e. The standard InChI is InChI=1S/C22H24N4O2/c1-25(22(28)20-12-19(27)13-23-20)14-17-15-26(18-10-6-3-7-11-18)24-21(17)16-8-4-2-5-9-16/h2-11,15,19-20,23,27H,12-14H2,1H3/t19-,20+/m1/s1. The number of likely N-dealkylation sites (N-methyl/N-ethyl adjacent to an activating group) is 1. The smallest absolute Gasteiger partial charge is 0.239 e. The third-order valence-corrected chi connectivity index (χ3v) is 5.05. The second-order valence-electron chi connectivity index (χ2n) is 7.19. The van der Waals surface area contributed by atoms with E-state index in [1.165, 1.54) is 0 Å². The van der Waals surface area contributed by atoms with Crippen molar-refractivity contribution in [3.63, 3.8) is 0 Å². The van der Waals surface area contributed by atoms with E-state index in [1.807, 2.05) is 71.5 Å². The Bertz CT molecular complexity index is 940. The molecule has 0 aliphatic carbocycles. The number of rotatable bonds is 5. The van der Waals surface area contributed by atoms with Gasteiger partial charge in [0.05, 0.1) is 23.5 Å². The van der Waals surface area contributed by atoms with Gasteiger partial charge in [-0.25, -0.2) is 4.68 Å². The normalized spacial score (nSPS) is 18.9. The van der Waals surface area contributed by atoms with Crippen LogP contribution in [0.1, 0.15) is 12.0 Å². The number of amides is 1. The number of nitrogens with one attached hydrogen (secondary N) is 1. The summed E-state index contributed by atoms with van der Waals surface area (Å²) in [5.74, 6) is -0.0111. The lowest BCUT2D eigenvalue weighted by atomic mass is 10.1. The van der Waals surface area contributed by atoms with E-state index in [4.69, 9.17) is 5.10 Å². The second-order valence-corrected chi connectivity index (χ2v) is 7.19. The third-order valence-electron chi connectivity index (χ3n) is 5.05. The highest BCUT2D eigenvalue weighted by Gasteiger charge is 2.30. The number of aliphatic hydroxyl groups excluding tert-OH is 1. The maximum atomic E-state index is 12.7. The molecule has 0 saturated carbocycles. The van der Waals surface area contributed by atoms with E-state index in [9.17, 15) is 9.90 Å². The molecule has 1 aliphatic heterocycles. The summed E-state index contributed by atoms with van der Waals surface area (Å²) in [6, 6.07) is 19.6. The van der Waals surface area contributed by atoms with Gasteiger partial charge in [-0.2, -0.15) is 5.10 Å². The molecule has 0 unspecified atom stereocenters. The lowest BCUT2D eigenvalue weighted by Gasteiger charge is -2.21. The van der Waals surface area contributed by atoms with Crippen LogP contribution in [0.4, 0.5) is 0 Å². The first kappa shape index (κ1) is 18.4. The predicted octanol–water partition coefficient (Wildman–Crippen LogP) is 2.22. The molecular formula is C22H24N4O2. The van der Waals surface area contributed by atoms with Gasteiger partial charge in [-0.1, -0.05) is 48.5 Å². The molecular weight excluding hydrogens is 352 g/mol. The van der Waals surface area contributed by atoms with Crippen molar-refractivity contribution in [1.29, 1.82) is 0 Å². The van der Waals surface area contributed by atoms with Crippen LogP contribution in [-0.4, -0.2) is 51.4 Å². The highest BCUT2D eigenvalue weighted by molar-refractivity contribution is 5.82. The molecule has 6 nitrogen and oxygen atoms in total. The highest BCUT2D eigenvalue weighted by Crippen LogP contribution is 2.25. The van der Waals surface area contributed by atoms with Gasteiger partial charge in [0.25, 0.3) is 0 Å². The Balaban J connectivity index is 1.63. The number of hydrogen-bond donors (Lipinski definition) is 2. The zero-order valence-electron chi connectivity index (χ0n) is 15.8. The van der Waals surface area contributed by atoms with E-state index in [0.717, 1.165) is 22.5 Å². The molecule has 144 valence electrons. The van der Waals surface area contributed by atoms with Gasteiger partial charge in [-0.3, -0.25) is 4.79 Å². The number of para-hydroxylation sites is 1. The second kappa shape index (κ2) is 7.96. The van der Waals surface area contributed by atoms with Crippen molar-refractivity contribution >= 4 is 5.91 Å². The molecule has 6 heteroatoms. The number of β-amino-alcohol motifs (C(OH)–C–C–N with tert-alkyl or cyclic N) is 1. The van der Waals surface area contributed by atoms with Gasteiger partial charge < -0.3 is 15.3 Å². The summed E-state index contributed by atoms with van der Waals surface area (Å²) in [5.41, 5.74) is 3.83. The van der Waals surface area contributed by atoms with Crippen molar-refractivity contribution in [2.24, 2.45) is 0 Å². The van der Waals surface area contributed by atoms with E-state index >= 15 is 0 Å². The van der Waals surface area contributed by atoms with E-state index in [1.54, 1.807) is 11.9 Å². The molecule has 1 fully saturated rings. The van der Waals surface area contributed by atoms with E-state index in [-0.39, 0.29) is 11.9 Å². The Morgan fingerprint density at radius 3 is 2.50 bits per heavy atom. The molecule has 2 aromatic carbocycles. The topological polar surface area (TPSA) is 70.4 Å². The molecule has 1 amide bonds. The zero-order valence-corrected chi connectivity index (χ0v) is 15.8. The zero-order chi connectivity index (χ0) is 19.5. The number of aliphatic hydroxyl groups is 1. The Hall–Kier alpha value is -2.96. The van der Waals surface area contributed by atoms with Gasteiger partial charge in [0.1, 0.15) is 0 Å². The average molecular weight is 376 g/mol. The van der Waals surface area contributed by atoms with Crippen molar-refractivity contribution in [2.45, 2.75) is 25.1 Å². The highest BCUT2D eigenvalue weighted by atomic mass is 16.3. The molecule has 2 atom stereocenters. The van der Waals surface area contributed by atoms with Crippen LogP contribution in [0.25, 0.3) is 16.9 Å². The van der Waals surface area contributed by atoms with Gasteiger partial charge in [0.2, 0.25) is 5.91 Å². The minimum absolute atomic E-state index is 0.0111. The Morgan fingerprint density at radius 1 is 1.18 bits per heavy atom. The minimum atomic E-state index is -0.455. The molecule has 2 N–H and O–H groups in total. The maximum absolute atomic E-state index is 12.7. The van der Waals surface area contributed by atoms with Gasteiger partial charge in [-0.15, -0.1) is 0 Å². The summed E-state index contributed by atoms with van der Waals surface area (Å²) in [6.07, 6.45) is 1.99. The molecule has 0 bridgehead atoms. The summed E-state index contributed by atoms with van der Waals surface area (Å²) >= 11 is 0. The Kier molecular flexibility index (Phi) is 5.23. The maximum Gasteiger partial charge on any atom is 0.239 e. The van der Waals surface area contributed by atoms with Gasteiger partial charge in [0, 0.05) is 37.5 Å². The van der Waals surface area contributed by atoms with Crippen molar-refractivity contribution in [3.05, 3.63) is 72.4 Å². The quantitative estimate of drug-likeness (QED) is 0.716. The predicted molar refractivity (Wildman–Crippen MR) is 108 cm³/mol. The van der Waals surface area contributed by atoms with Crippen LogP contribution < -0.4 is 5.32 Å². The number of benzene rings is 2. The summed E-state index contributed by atoms with van der Waals surface area (Å²) < 4.78 is 1.85. The van der Waals surface area contributed by atoms with Crippen LogP contribution in [0, 0.1) is 0 Å². The van der Waals surface area contributed by atoms with E-state index < -0.39 is 6.10 Å². The Labute approximate surface area is 164 Å². The summed E-state index contributed by atoms with van der Waals surface area (Å²) in [7, 11) is 1.79. The number of nitrogens with zero attached hydrogens (tertiary/aromatic N) is 3. The van der Waals surface area contributed by atoms with Gasteiger partial charge in [-0.05, 0) is 18.6 Å². The number of carbonyl (C=O) groups excluding carboxylic acids is 1. The van der Waals surface area contributed by atoms with Gasteiger partial charge >= 0.3 is 0 Å². The monoisotopic (exact) mass is 376 g/mol. The molecule has 1 aliphatic rings. The molecule has 3 aromatic rings. The van der Waals surface area contributed by atoms with Crippen molar-refractivity contribution in [3.8, 4) is 16.9 Å². The van der Waals surface area contributed by atoms with E-state index in [2.05, 4.69) is 5.32 Å². The third kappa shape index (κ3) is 3.83. The minimum Gasteiger partial charge on any atom is -0.392 e. The number of aromatic nitrogens is 2. The van der Waals surface area contributed by atoms with Crippen molar-refractivity contribution in [1.82, 2.24) is 20.0 Å². The summed E-state index contributed by atoms with van der Waals surface area (Å²) in [5, 5.41) is 17.6. The molecule has 1 aromatic heterocycles. The summed E-state index contributed by atoms with van der Waals surface area (Å²) in [6.45, 7) is 0.912. The molecule has 0 spiro atoms. The first-order valence-electron chi connectivity index (χ1n) is 9.47. The van der Waals surface area contributed by atoms with Crippen LogP contribution in [0.5, 0.6) is 0 Å². The van der Waals surface area contributed by atoms with E-state index in [0.29, 0.717) is 19.5 Å². The van der Waals surface area contributed by atoms with Crippen molar-refractivity contribution < 1.29 is 9.90 Å². The molecule has 4 rings (SSSR count). The Morgan fingerprint density at radius 2 is 1.86 bits per heavy atom. The lowest BCUT2D eigenvalue weighted by Crippen LogP contribution is -2.41. The molecule has 28 heavy (non-hydrogen) atoms. The van der Waals surface area contributed by atoms with Crippen LogP contribution in [-0.2, 0) is 11.3 Å². The molecule has 2 heterocycles. The number of carbonyl (C=O) groups is 1. The first-order chi connectivity index (χ1) is 13.6. The van der Waals surface area contributed by atoms with Crippen LogP contribution in [0.3, 0.4) is 0 Å². The van der Waals surface area contributed by atoms with Crippen molar-refractivity contribution in [2.75, 3.05) is 13.6 Å². The molecule has 1 saturated heterocycles. The first-order valence-corrected chi connectivity index (χ1v) is 9.47. The van der Waals surface area contributed by atoms with Gasteiger partial charge in [0.15, 0.2) is 0 Å². The SMILES string of the molecule is CN(Cc1cn(-c2ccccc2)nc1-c1ccccc1)C(=O)[C@@H]1C[C@@H](O)CN1. The fourth-order valence-corrected chi connectivity index (χ4v) is 3.58. The molecule has 0 radical (unpaired) electrons. The fraction of sp³-hybridized carbons (Fsp3) is 0.273. The lowest BCUT2D eigenvalue weighted by molar-refractivity contribution is -0.132. The van der Waals surface area contributed by atoms with Crippen LogP contribution in [0.15, 0.2) is 66.9 Å². The van der Waals surface area contributed by atoms with Crippen LogP contribution in [0.2, 0.25) is 0 Å². The average Bonchev–Trinajstić information content (AvgIpc) is 3.35. The number of hydrogen-bond acceptors (Lipinski definition) is 4. The van der Waals surface area contributed by atoms with Crippen LogP contribution >= 0.6 is 0 Å². The fourth-order valence-electron chi connectivity index (χ4n) is 3.58.